The minimum atomic E-state index is 0.704. The Kier molecular flexibility index (Phi) is 1.43. The lowest BCUT2D eigenvalue weighted by atomic mass is 10.5. The van der Waals surface area contributed by atoms with Gasteiger partial charge in [0.25, 0.3) is 0 Å². The molecule has 1 N–H and O–H groups in total. The minimum Gasteiger partial charge on any atom is -0.353 e. The second-order valence-electron chi connectivity index (χ2n) is 4.36. The zero-order valence-corrected chi connectivity index (χ0v) is 7.90. The van der Waals surface area contributed by atoms with Crippen LogP contribution in [0.1, 0.15) is 32.2 Å². The van der Waals surface area contributed by atoms with E-state index >= 15 is 0 Å². The van der Waals surface area contributed by atoms with Crippen LogP contribution in [-0.2, 0) is 0 Å². The number of imidazole rings is 1. The smallest absolute Gasteiger partial charge is 0.203 e. The van der Waals surface area contributed by atoms with Crippen molar-refractivity contribution in [2.24, 2.45) is 5.92 Å². The fourth-order valence-electron chi connectivity index (χ4n) is 1.79. The molecule has 2 saturated carbocycles. The Morgan fingerprint density at radius 1 is 1.54 bits per heavy atom. The van der Waals surface area contributed by atoms with Crippen LogP contribution in [0.25, 0.3) is 0 Å². The van der Waals surface area contributed by atoms with Gasteiger partial charge in [0.1, 0.15) is 0 Å². The normalized spacial score (nSPS) is 31.8. The Bertz CT molecular complexity index is 314. The maximum atomic E-state index is 4.34. The highest BCUT2D eigenvalue weighted by Crippen LogP contribution is 2.44. The third kappa shape index (κ3) is 1.32. The average molecular weight is 177 g/mol. The van der Waals surface area contributed by atoms with Gasteiger partial charge in [0, 0.05) is 24.5 Å². The zero-order chi connectivity index (χ0) is 8.84. The van der Waals surface area contributed by atoms with Gasteiger partial charge in [-0.2, -0.15) is 0 Å². The Morgan fingerprint density at radius 3 is 2.92 bits per heavy atom. The summed E-state index contributed by atoms with van der Waals surface area (Å²) in [6.45, 7) is 2.30. The highest BCUT2D eigenvalue weighted by molar-refractivity contribution is 5.31. The molecule has 1 heterocycles. The van der Waals surface area contributed by atoms with Crippen LogP contribution in [-0.4, -0.2) is 15.6 Å². The van der Waals surface area contributed by atoms with Crippen LogP contribution in [0.5, 0.6) is 0 Å². The van der Waals surface area contributed by atoms with Gasteiger partial charge in [-0.1, -0.05) is 6.92 Å². The number of nitrogens with one attached hydrogen (secondary N) is 1. The Hall–Kier alpha value is -0.990. The lowest BCUT2D eigenvalue weighted by Crippen LogP contribution is -2.08. The SMILES string of the molecule is CC1CC1n1ccnc1NC1CC1. The van der Waals surface area contributed by atoms with Crippen molar-refractivity contribution in [3.8, 4) is 0 Å². The number of nitrogens with zero attached hydrogens (tertiary/aromatic N) is 2. The molecule has 3 nitrogen and oxygen atoms in total. The van der Waals surface area contributed by atoms with Crippen molar-refractivity contribution in [1.82, 2.24) is 9.55 Å². The number of rotatable bonds is 3. The molecule has 3 rings (SSSR count). The molecule has 13 heavy (non-hydrogen) atoms. The summed E-state index contributed by atoms with van der Waals surface area (Å²) in [6.07, 6.45) is 7.94. The van der Waals surface area contributed by atoms with Crippen LogP contribution < -0.4 is 5.32 Å². The van der Waals surface area contributed by atoms with E-state index < -0.39 is 0 Å². The average Bonchev–Trinajstić information content (AvgIpc) is 2.97. The minimum absolute atomic E-state index is 0.704. The van der Waals surface area contributed by atoms with Crippen molar-refractivity contribution in [2.75, 3.05) is 5.32 Å². The summed E-state index contributed by atoms with van der Waals surface area (Å²) in [5, 5.41) is 3.46. The quantitative estimate of drug-likeness (QED) is 0.765. The van der Waals surface area contributed by atoms with E-state index in [0.717, 1.165) is 11.9 Å². The first-order chi connectivity index (χ1) is 6.34. The standard InChI is InChI=1S/C10H15N3/c1-7-6-9(7)13-5-4-11-10(13)12-8-2-3-8/h4-5,7-9H,2-3,6H2,1H3,(H,11,12). The van der Waals surface area contributed by atoms with Crippen LogP contribution in [0.2, 0.25) is 0 Å². The van der Waals surface area contributed by atoms with E-state index in [0.29, 0.717) is 12.1 Å². The molecule has 70 valence electrons. The lowest BCUT2D eigenvalue weighted by Gasteiger charge is -2.07. The fourth-order valence-corrected chi connectivity index (χ4v) is 1.79. The predicted octanol–water partition coefficient (Wildman–Crippen LogP) is 2.04. The second-order valence-corrected chi connectivity index (χ2v) is 4.36. The van der Waals surface area contributed by atoms with E-state index in [1.165, 1.54) is 19.3 Å². The van der Waals surface area contributed by atoms with Crippen molar-refractivity contribution >= 4 is 5.95 Å². The van der Waals surface area contributed by atoms with Crippen LogP contribution in [0.15, 0.2) is 12.4 Å². The molecule has 0 saturated heterocycles. The lowest BCUT2D eigenvalue weighted by molar-refractivity contribution is 0.688. The molecule has 1 aromatic rings. The van der Waals surface area contributed by atoms with Gasteiger partial charge in [0.05, 0.1) is 0 Å². The first-order valence-electron chi connectivity index (χ1n) is 5.14. The summed E-state index contributed by atoms with van der Waals surface area (Å²) in [5.74, 6) is 1.92. The van der Waals surface area contributed by atoms with Crippen molar-refractivity contribution < 1.29 is 0 Å². The van der Waals surface area contributed by atoms with E-state index in [-0.39, 0.29) is 0 Å². The van der Waals surface area contributed by atoms with E-state index in [4.69, 9.17) is 0 Å². The van der Waals surface area contributed by atoms with Gasteiger partial charge in [-0.15, -0.1) is 0 Å². The highest BCUT2D eigenvalue weighted by atomic mass is 15.2. The van der Waals surface area contributed by atoms with Crippen molar-refractivity contribution in [3.63, 3.8) is 0 Å². The van der Waals surface area contributed by atoms with Crippen LogP contribution in [0.3, 0.4) is 0 Å². The molecule has 0 aliphatic heterocycles. The van der Waals surface area contributed by atoms with Crippen LogP contribution in [0, 0.1) is 5.92 Å². The molecule has 2 aliphatic rings. The molecule has 0 spiro atoms. The third-order valence-electron chi connectivity index (χ3n) is 3.00. The first kappa shape index (κ1) is 7.42. The molecule has 1 aromatic heterocycles. The Morgan fingerprint density at radius 2 is 2.31 bits per heavy atom. The second kappa shape index (κ2) is 2.50. The predicted molar refractivity (Wildman–Crippen MR) is 51.7 cm³/mol. The summed E-state index contributed by atoms with van der Waals surface area (Å²) in [5.41, 5.74) is 0. The molecular weight excluding hydrogens is 162 g/mol. The molecule has 2 aliphatic carbocycles. The Labute approximate surface area is 78.2 Å². The highest BCUT2D eigenvalue weighted by Gasteiger charge is 2.36. The largest absolute Gasteiger partial charge is 0.353 e. The summed E-state index contributed by atoms with van der Waals surface area (Å²) in [6, 6.07) is 1.42. The molecule has 0 bridgehead atoms. The zero-order valence-electron chi connectivity index (χ0n) is 7.90. The monoisotopic (exact) mass is 177 g/mol. The molecule has 2 fully saturated rings. The van der Waals surface area contributed by atoms with Gasteiger partial charge >= 0.3 is 0 Å². The fraction of sp³-hybridized carbons (Fsp3) is 0.700. The van der Waals surface area contributed by atoms with E-state index in [2.05, 4.69) is 28.0 Å². The number of aromatic nitrogens is 2. The molecule has 0 aromatic carbocycles. The van der Waals surface area contributed by atoms with Gasteiger partial charge < -0.3 is 9.88 Å². The van der Waals surface area contributed by atoms with Crippen LogP contribution in [0.4, 0.5) is 5.95 Å². The molecule has 2 atom stereocenters. The summed E-state index contributed by atoms with van der Waals surface area (Å²) in [7, 11) is 0. The van der Waals surface area contributed by atoms with Crippen molar-refractivity contribution in [2.45, 2.75) is 38.3 Å². The molecular formula is C10H15N3. The third-order valence-corrected chi connectivity index (χ3v) is 3.00. The van der Waals surface area contributed by atoms with Crippen molar-refractivity contribution in [3.05, 3.63) is 12.4 Å². The summed E-state index contributed by atoms with van der Waals surface area (Å²) in [4.78, 5) is 4.34. The molecule has 0 radical (unpaired) electrons. The van der Waals surface area contributed by atoms with Gasteiger partial charge in [0.15, 0.2) is 0 Å². The Balaban J connectivity index is 1.79. The van der Waals surface area contributed by atoms with Crippen molar-refractivity contribution in [1.29, 1.82) is 0 Å². The number of anilines is 1. The van der Waals surface area contributed by atoms with E-state index in [9.17, 15) is 0 Å². The molecule has 0 amide bonds. The summed E-state index contributed by atoms with van der Waals surface area (Å²) < 4.78 is 2.29. The van der Waals surface area contributed by atoms with Gasteiger partial charge in [-0.05, 0) is 25.2 Å². The summed E-state index contributed by atoms with van der Waals surface area (Å²) >= 11 is 0. The van der Waals surface area contributed by atoms with Gasteiger partial charge in [-0.25, -0.2) is 4.98 Å². The van der Waals surface area contributed by atoms with E-state index in [1.54, 1.807) is 0 Å². The van der Waals surface area contributed by atoms with E-state index in [1.807, 2.05) is 6.20 Å². The van der Waals surface area contributed by atoms with Gasteiger partial charge in [0.2, 0.25) is 5.95 Å². The maximum absolute atomic E-state index is 4.34. The van der Waals surface area contributed by atoms with Gasteiger partial charge in [-0.3, -0.25) is 0 Å². The topological polar surface area (TPSA) is 29.9 Å². The number of hydrogen-bond acceptors (Lipinski definition) is 2. The van der Waals surface area contributed by atoms with Crippen LogP contribution >= 0.6 is 0 Å². The number of hydrogen-bond donors (Lipinski definition) is 1. The molecule has 3 heteroatoms. The maximum Gasteiger partial charge on any atom is 0.203 e. The molecule has 2 unspecified atom stereocenters. The first-order valence-corrected chi connectivity index (χ1v) is 5.14.